The fourth-order valence-electron chi connectivity index (χ4n) is 4.44. The number of rotatable bonds is 6. The zero-order valence-corrected chi connectivity index (χ0v) is 18.5. The Morgan fingerprint density at radius 1 is 0.970 bits per heavy atom. The minimum Gasteiger partial charge on any atom is -0.486 e. The topological polar surface area (TPSA) is 73.7 Å². The van der Waals surface area contributed by atoms with Gasteiger partial charge in [-0.3, -0.25) is 9.59 Å². The first-order valence-corrected chi connectivity index (χ1v) is 11.5. The second-order valence-electron chi connectivity index (χ2n) is 8.51. The highest BCUT2D eigenvalue weighted by Crippen LogP contribution is 2.32. The average molecular weight is 446 g/mol. The first-order chi connectivity index (χ1) is 16.2. The van der Waals surface area contributed by atoms with Crippen LogP contribution in [0.4, 0.5) is 0 Å². The maximum Gasteiger partial charge on any atom is 0.222 e. The Balaban J connectivity index is 1.12. The van der Waals surface area contributed by atoms with E-state index in [-0.39, 0.29) is 17.6 Å². The molecular weight excluding hydrogens is 418 g/mol. The number of aryl methyl sites for hydroxylation is 1. The number of carbonyl (C=O) groups is 2. The van der Waals surface area contributed by atoms with Crippen LogP contribution in [0.15, 0.2) is 60.9 Å². The fraction of sp³-hybridized carbons (Fsp3) is 0.346. The molecule has 0 atom stereocenters. The summed E-state index contributed by atoms with van der Waals surface area (Å²) in [7, 11) is 0. The van der Waals surface area contributed by atoms with Gasteiger partial charge < -0.3 is 14.4 Å². The molecule has 5 rings (SSSR count). The van der Waals surface area contributed by atoms with E-state index >= 15 is 0 Å². The summed E-state index contributed by atoms with van der Waals surface area (Å²) in [5.41, 5.74) is 2.69. The van der Waals surface area contributed by atoms with Crippen molar-refractivity contribution in [3.63, 3.8) is 0 Å². The number of amides is 1. The average Bonchev–Trinajstić information content (AvgIpc) is 3.36. The van der Waals surface area contributed by atoms with Crippen LogP contribution in [0.25, 0.3) is 5.69 Å². The van der Waals surface area contributed by atoms with Crippen LogP contribution in [-0.4, -0.2) is 52.7 Å². The summed E-state index contributed by atoms with van der Waals surface area (Å²) in [5.74, 6) is 1.50. The number of hydrogen-bond acceptors (Lipinski definition) is 5. The van der Waals surface area contributed by atoms with Crippen LogP contribution in [0.2, 0.25) is 0 Å². The van der Waals surface area contributed by atoms with Gasteiger partial charge in [0.05, 0.1) is 11.9 Å². The number of carbonyl (C=O) groups excluding carboxylic acids is 2. The summed E-state index contributed by atoms with van der Waals surface area (Å²) in [4.78, 5) is 27.6. The first kappa shape index (κ1) is 21.2. The van der Waals surface area contributed by atoms with Crippen LogP contribution in [0.3, 0.4) is 0 Å². The van der Waals surface area contributed by atoms with E-state index in [1.54, 1.807) is 12.1 Å². The van der Waals surface area contributed by atoms with Gasteiger partial charge in [0.15, 0.2) is 17.3 Å². The number of hydrogen-bond donors (Lipinski definition) is 0. The number of ketones is 1. The molecule has 1 amide bonds. The van der Waals surface area contributed by atoms with Crippen molar-refractivity contribution in [2.24, 2.45) is 5.92 Å². The second kappa shape index (κ2) is 9.48. The third-order valence-corrected chi connectivity index (χ3v) is 6.33. The van der Waals surface area contributed by atoms with Gasteiger partial charge in [-0.1, -0.05) is 18.2 Å². The molecule has 2 aromatic carbocycles. The maximum absolute atomic E-state index is 13.0. The molecule has 3 heterocycles. The molecule has 0 unspecified atom stereocenters. The molecule has 1 fully saturated rings. The summed E-state index contributed by atoms with van der Waals surface area (Å²) in [6.07, 6.45) is 6.26. The monoisotopic (exact) mass is 445 g/mol. The molecule has 0 bridgehead atoms. The molecule has 7 nitrogen and oxygen atoms in total. The third-order valence-electron chi connectivity index (χ3n) is 6.33. The van der Waals surface area contributed by atoms with Crippen LogP contribution in [0, 0.1) is 5.92 Å². The number of nitrogens with zero attached hydrogens (tertiary/aromatic N) is 3. The van der Waals surface area contributed by atoms with Crippen molar-refractivity contribution in [1.29, 1.82) is 0 Å². The van der Waals surface area contributed by atoms with Crippen molar-refractivity contribution in [2.75, 3.05) is 26.3 Å². The van der Waals surface area contributed by atoms with Gasteiger partial charge >= 0.3 is 0 Å². The molecular formula is C26H27N3O4. The highest BCUT2D eigenvalue weighted by Gasteiger charge is 2.28. The summed E-state index contributed by atoms with van der Waals surface area (Å²) < 4.78 is 13.0. The molecule has 33 heavy (non-hydrogen) atoms. The first-order valence-electron chi connectivity index (χ1n) is 11.5. The van der Waals surface area contributed by atoms with E-state index in [4.69, 9.17) is 9.47 Å². The smallest absolute Gasteiger partial charge is 0.222 e. The molecule has 3 aromatic rings. The van der Waals surface area contributed by atoms with Crippen LogP contribution >= 0.6 is 0 Å². The zero-order valence-electron chi connectivity index (χ0n) is 18.5. The van der Waals surface area contributed by atoms with E-state index in [0.29, 0.717) is 69.0 Å². The SMILES string of the molecule is O=C(c1ccc2c(c1)OCCO2)C1CCN(C(=O)CCc2cnn(-c3ccccc3)c2)CC1. The van der Waals surface area contributed by atoms with Gasteiger partial charge in [-0.2, -0.15) is 5.10 Å². The quantitative estimate of drug-likeness (QED) is 0.541. The Morgan fingerprint density at radius 3 is 2.52 bits per heavy atom. The highest BCUT2D eigenvalue weighted by atomic mass is 16.6. The summed E-state index contributed by atoms with van der Waals surface area (Å²) in [5, 5.41) is 4.40. The Labute approximate surface area is 192 Å². The number of piperidine rings is 1. The second-order valence-corrected chi connectivity index (χ2v) is 8.51. The van der Waals surface area contributed by atoms with Crippen molar-refractivity contribution < 1.29 is 19.1 Å². The largest absolute Gasteiger partial charge is 0.486 e. The van der Waals surface area contributed by atoms with Gasteiger partial charge in [-0.15, -0.1) is 0 Å². The van der Waals surface area contributed by atoms with Crippen molar-refractivity contribution in [3.05, 3.63) is 72.1 Å². The predicted octanol–water partition coefficient (Wildman–Crippen LogP) is 3.70. The minimum atomic E-state index is -0.0688. The number of benzene rings is 2. The highest BCUT2D eigenvalue weighted by molar-refractivity contribution is 5.98. The minimum absolute atomic E-state index is 0.0688. The Morgan fingerprint density at radius 2 is 1.73 bits per heavy atom. The number of aromatic nitrogens is 2. The molecule has 2 aliphatic heterocycles. The Hall–Kier alpha value is -3.61. The number of para-hydroxylation sites is 1. The Kier molecular flexibility index (Phi) is 6.11. The normalized spacial score (nSPS) is 15.9. The van der Waals surface area contributed by atoms with Crippen molar-refractivity contribution in [2.45, 2.75) is 25.7 Å². The number of Topliss-reactive ketones (excluding diaryl/α,β-unsaturated/α-hetero) is 1. The molecule has 170 valence electrons. The van der Waals surface area contributed by atoms with Crippen molar-refractivity contribution >= 4 is 11.7 Å². The summed E-state index contributed by atoms with van der Waals surface area (Å²) >= 11 is 0. The van der Waals surface area contributed by atoms with Gasteiger partial charge in [0.1, 0.15) is 13.2 Å². The van der Waals surface area contributed by atoms with E-state index in [1.807, 2.05) is 58.4 Å². The fourth-order valence-corrected chi connectivity index (χ4v) is 4.44. The molecule has 0 radical (unpaired) electrons. The molecule has 2 aliphatic rings. The molecule has 0 saturated carbocycles. The molecule has 1 aromatic heterocycles. The third kappa shape index (κ3) is 4.77. The summed E-state index contributed by atoms with van der Waals surface area (Å²) in [6.45, 7) is 2.26. The van der Waals surface area contributed by atoms with E-state index in [1.165, 1.54) is 0 Å². The predicted molar refractivity (Wildman–Crippen MR) is 123 cm³/mol. The lowest BCUT2D eigenvalue weighted by molar-refractivity contribution is -0.132. The number of fused-ring (bicyclic) bond motifs is 1. The van der Waals surface area contributed by atoms with Crippen LogP contribution in [0.1, 0.15) is 35.2 Å². The molecule has 7 heteroatoms. The van der Waals surface area contributed by atoms with E-state index < -0.39 is 0 Å². The molecule has 0 spiro atoms. The van der Waals surface area contributed by atoms with Crippen molar-refractivity contribution in [3.8, 4) is 17.2 Å². The molecule has 0 aliphatic carbocycles. The zero-order chi connectivity index (χ0) is 22.6. The molecule has 1 saturated heterocycles. The Bertz CT molecular complexity index is 1130. The summed E-state index contributed by atoms with van der Waals surface area (Å²) in [6, 6.07) is 15.3. The number of ether oxygens (including phenoxy) is 2. The van der Waals surface area contributed by atoms with Gasteiger partial charge in [0.25, 0.3) is 0 Å². The van der Waals surface area contributed by atoms with Crippen LogP contribution in [0.5, 0.6) is 11.5 Å². The number of likely N-dealkylation sites (tertiary alicyclic amines) is 1. The van der Waals surface area contributed by atoms with E-state index in [9.17, 15) is 9.59 Å². The lowest BCUT2D eigenvalue weighted by Gasteiger charge is -2.31. The van der Waals surface area contributed by atoms with Gasteiger partial charge in [0.2, 0.25) is 5.91 Å². The van der Waals surface area contributed by atoms with E-state index in [2.05, 4.69) is 5.10 Å². The maximum atomic E-state index is 13.0. The van der Waals surface area contributed by atoms with E-state index in [0.717, 1.165) is 11.3 Å². The lowest BCUT2D eigenvalue weighted by Crippen LogP contribution is -2.40. The lowest BCUT2D eigenvalue weighted by atomic mass is 9.88. The van der Waals surface area contributed by atoms with Gasteiger partial charge in [-0.25, -0.2) is 4.68 Å². The van der Waals surface area contributed by atoms with Crippen LogP contribution < -0.4 is 9.47 Å². The van der Waals surface area contributed by atoms with Crippen molar-refractivity contribution in [1.82, 2.24) is 14.7 Å². The van der Waals surface area contributed by atoms with Gasteiger partial charge in [-0.05, 0) is 55.2 Å². The standard InChI is InChI=1S/C26H27N3O4/c30-25(9-6-19-17-27-29(18-19)22-4-2-1-3-5-22)28-12-10-20(11-13-28)26(31)21-7-8-23-24(16-21)33-15-14-32-23/h1-5,7-8,16-18,20H,6,9-15H2. The van der Waals surface area contributed by atoms with Crippen LogP contribution in [-0.2, 0) is 11.2 Å². The molecule has 0 N–H and O–H groups in total. The van der Waals surface area contributed by atoms with Gasteiger partial charge in [0, 0.05) is 37.2 Å².